The molecule has 1 aliphatic heterocycles. The van der Waals surface area contributed by atoms with E-state index < -0.39 is 5.91 Å². The van der Waals surface area contributed by atoms with Crippen LogP contribution in [0.5, 0.6) is 0 Å². The molecule has 6 heteroatoms. The van der Waals surface area contributed by atoms with E-state index in [0.717, 1.165) is 11.4 Å². The summed E-state index contributed by atoms with van der Waals surface area (Å²) in [4.78, 5) is 37.1. The van der Waals surface area contributed by atoms with Crippen LogP contribution >= 0.6 is 11.6 Å². The standard InChI is InChI=1S/C16H13ClN2O3/c17-11-5-3-8(4-6-11)14(20)18-19-15(21)12-9-1-2-10(7-9)13(12)16(19)22/h1-6,9-10,12-13H,7H2,(H,18,20)/t9-,10-,12-,13+/m1/s1. The Kier molecular flexibility index (Phi) is 2.87. The maximum Gasteiger partial charge on any atom is 0.270 e. The molecule has 0 aromatic heterocycles. The zero-order valence-corrected chi connectivity index (χ0v) is 12.3. The van der Waals surface area contributed by atoms with Crippen molar-refractivity contribution in [2.24, 2.45) is 23.7 Å². The number of benzene rings is 1. The molecule has 4 rings (SSSR count). The van der Waals surface area contributed by atoms with Crippen LogP contribution in [0.25, 0.3) is 0 Å². The number of imide groups is 1. The Hall–Kier alpha value is -2.14. The number of hydrazine groups is 1. The van der Waals surface area contributed by atoms with Crippen LogP contribution in [0, 0.1) is 23.7 Å². The second kappa shape index (κ2) is 4.68. The number of nitrogens with one attached hydrogen (secondary N) is 1. The first kappa shape index (κ1) is 13.5. The smallest absolute Gasteiger partial charge is 0.270 e. The monoisotopic (exact) mass is 316 g/mol. The zero-order chi connectivity index (χ0) is 15.4. The van der Waals surface area contributed by atoms with Gasteiger partial charge in [-0.05, 0) is 42.5 Å². The number of amides is 3. The third kappa shape index (κ3) is 1.82. The summed E-state index contributed by atoms with van der Waals surface area (Å²) < 4.78 is 0. The molecule has 2 bridgehead atoms. The molecule has 1 saturated carbocycles. The highest BCUT2D eigenvalue weighted by molar-refractivity contribution is 6.30. The molecular formula is C16H13ClN2O3. The van der Waals surface area contributed by atoms with Crippen molar-refractivity contribution in [2.45, 2.75) is 6.42 Å². The minimum atomic E-state index is -0.487. The largest absolute Gasteiger partial charge is 0.272 e. The maximum atomic E-state index is 12.4. The minimum absolute atomic E-state index is 0.129. The number of rotatable bonds is 2. The van der Waals surface area contributed by atoms with Gasteiger partial charge in [-0.15, -0.1) is 0 Å². The third-order valence-electron chi connectivity index (χ3n) is 4.79. The molecule has 4 atom stereocenters. The van der Waals surface area contributed by atoms with E-state index in [1.54, 1.807) is 24.3 Å². The molecule has 0 spiro atoms. The number of carbonyl (C=O) groups is 3. The van der Waals surface area contributed by atoms with Crippen LogP contribution in [0.2, 0.25) is 5.02 Å². The van der Waals surface area contributed by atoms with Gasteiger partial charge >= 0.3 is 0 Å². The molecule has 112 valence electrons. The van der Waals surface area contributed by atoms with Crippen LogP contribution in [-0.2, 0) is 9.59 Å². The van der Waals surface area contributed by atoms with Gasteiger partial charge < -0.3 is 0 Å². The predicted octanol–water partition coefficient (Wildman–Crippen LogP) is 1.79. The van der Waals surface area contributed by atoms with E-state index >= 15 is 0 Å². The number of halogens is 1. The van der Waals surface area contributed by atoms with Gasteiger partial charge in [0.25, 0.3) is 17.7 Å². The number of carbonyl (C=O) groups excluding carboxylic acids is 3. The summed E-state index contributed by atoms with van der Waals surface area (Å²) >= 11 is 5.78. The molecular weight excluding hydrogens is 304 g/mol. The molecule has 1 aromatic carbocycles. The Labute approximate surface area is 131 Å². The lowest BCUT2D eigenvalue weighted by atomic mass is 9.85. The average molecular weight is 317 g/mol. The molecule has 22 heavy (non-hydrogen) atoms. The van der Waals surface area contributed by atoms with Crippen LogP contribution in [0.3, 0.4) is 0 Å². The van der Waals surface area contributed by atoms with E-state index in [9.17, 15) is 14.4 Å². The number of nitrogens with zero attached hydrogens (tertiary/aromatic N) is 1. The second-order valence-electron chi connectivity index (χ2n) is 5.96. The number of fused-ring (bicyclic) bond motifs is 5. The molecule has 1 heterocycles. The minimum Gasteiger partial charge on any atom is -0.272 e. The zero-order valence-electron chi connectivity index (χ0n) is 11.5. The predicted molar refractivity (Wildman–Crippen MR) is 78.5 cm³/mol. The number of allylic oxidation sites excluding steroid dienone is 2. The fourth-order valence-corrected chi connectivity index (χ4v) is 3.91. The van der Waals surface area contributed by atoms with Crippen LogP contribution in [0.15, 0.2) is 36.4 Å². The van der Waals surface area contributed by atoms with E-state index in [4.69, 9.17) is 11.6 Å². The maximum absolute atomic E-state index is 12.4. The summed E-state index contributed by atoms with van der Waals surface area (Å²) in [6, 6.07) is 6.27. The van der Waals surface area contributed by atoms with Crippen LogP contribution in [0.1, 0.15) is 16.8 Å². The van der Waals surface area contributed by atoms with E-state index in [1.807, 2.05) is 12.2 Å². The molecule has 2 aliphatic carbocycles. The van der Waals surface area contributed by atoms with Gasteiger partial charge in [0.15, 0.2) is 0 Å². The first-order valence-electron chi connectivity index (χ1n) is 7.19. The molecule has 5 nitrogen and oxygen atoms in total. The summed E-state index contributed by atoms with van der Waals surface area (Å²) in [7, 11) is 0. The quantitative estimate of drug-likeness (QED) is 0.668. The lowest BCUT2D eigenvalue weighted by Crippen LogP contribution is -2.47. The Morgan fingerprint density at radius 2 is 1.59 bits per heavy atom. The van der Waals surface area contributed by atoms with Crippen LogP contribution in [0.4, 0.5) is 0 Å². The van der Waals surface area contributed by atoms with Gasteiger partial charge in [0.05, 0.1) is 11.8 Å². The van der Waals surface area contributed by atoms with Crippen molar-refractivity contribution >= 4 is 29.3 Å². The van der Waals surface area contributed by atoms with E-state index in [1.165, 1.54) is 0 Å². The average Bonchev–Trinajstić information content (AvgIpc) is 3.17. The summed E-state index contributed by atoms with van der Waals surface area (Å²) in [6.07, 6.45) is 4.90. The highest BCUT2D eigenvalue weighted by Gasteiger charge is 2.59. The van der Waals surface area contributed by atoms with Crippen LogP contribution in [-0.4, -0.2) is 22.7 Å². The molecule has 0 unspecified atom stereocenters. The lowest BCUT2D eigenvalue weighted by Gasteiger charge is -2.17. The summed E-state index contributed by atoms with van der Waals surface area (Å²) in [5.74, 6) is -1.45. The van der Waals surface area contributed by atoms with Crippen molar-refractivity contribution in [3.63, 3.8) is 0 Å². The third-order valence-corrected chi connectivity index (χ3v) is 5.04. The SMILES string of the molecule is O=C(NN1C(=O)[C@@H]2[C@H](C1=O)[C@@H]1C=C[C@@H]2C1)c1ccc(Cl)cc1. The summed E-state index contributed by atoms with van der Waals surface area (Å²) in [5, 5.41) is 1.42. The topological polar surface area (TPSA) is 66.5 Å². The summed E-state index contributed by atoms with van der Waals surface area (Å²) in [6.45, 7) is 0. The number of hydrogen-bond acceptors (Lipinski definition) is 3. The molecule has 3 aliphatic rings. The molecule has 0 radical (unpaired) electrons. The van der Waals surface area contributed by atoms with E-state index in [-0.39, 0.29) is 35.5 Å². The molecule has 2 fully saturated rings. The molecule has 1 saturated heterocycles. The highest BCUT2D eigenvalue weighted by Crippen LogP contribution is 2.52. The molecule has 1 N–H and O–H groups in total. The van der Waals surface area contributed by atoms with Crippen molar-refractivity contribution in [2.75, 3.05) is 0 Å². The Morgan fingerprint density at radius 3 is 2.14 bits per heavy atom. The Morgan fingerprint density at radius 1 is 1.05 bits per heavy atom. The van der Waals surface area contributed by atoms with Gasteiger partial charge in [-0.3, -0.25) is 19.8 Å². The molecule has 3 amide bonds. The van der Waals surface area contributed by atoms with Gasteiger partial charge in [-0.25, -0.2) is 0 Å². The lowest BCUT2D eigenvalue weighted by molar-refractivity contribution is -0.143. The van der Waals surface area contributed by atoms with Gasteiger partial charge in [0, 0.05) is 10.6 Å². The van der Waals surface area contributed by atoms with Gasteiger partial charge in [0.2, 0.25) is 0 Å². The van der Waals surface area contributed by atoms with Crippen LogP contribution < -0.4 is 5.43 Å². The molecule has 1 aromatic rings. The first-order chi connectivity index (χ1) is 10.6. The highest BCUT2D eigenvalue weighted by atomic mass is 35.5. The van der Waals surface area contributed by atoms with Crippen molar-refractivity contribution in [3.05, 3.63) is 47.0 Å². The van der Waals surface area contributed by atoms with Crippen molar-refractivity contribution in [1.82, 2.24) is 10.4 Å². The Balaban J connectivity index is 1.54. The van der Waals surface area contributed by atoms with E-state index in [2.05, 4.69) is 5.43 Å². The summed E-state index contributed by atoms with van der Waals surface area (Å²) in [5.41, 5.74) is 2.79. The Bertz CT molecular complexity index is 683. The van der Waals surface area contributed by atoms with E-state index in [0.29, 0.717) is 10.6 Å². The van der Waals surface area contributed by atoms with Crippen molar-refractivity contribution < 1.29 is 14.4 Å². The fourth-order valence-electron chi connectivity index (χ4n) is 3.78. The van der Waals surface area contributed by atoms with Gasteiger partial charge in [-0.2, -0.15) is 5.01 Å². The van der Waals surface area contributed by atoms with Crippen molar-refractivity contribution in [3.8, 4) is 0 Å². The van der Waals surface area contributed by atoms with Crippen molar-refractivity contribution in [1.29, 1.82) is 0 Å². The van der Waals surface area contributed by atoms with Gasteiger partial charge in [-0.1, -0.05) is 23.8 Å². The fraction of sp³-hybridized carbons (Fsp3) is 0.312. The second-order valence-corrected chi connectivity index (χ2v) is 6.40. The van der Waals surface area contributed by atoms with Gasteiger partial charge in [0.1, 0.15) is 0 Å². The first-order valence-corrected chi connectivity index (χ1v) is 7.57. The number of hydrogen-bond donors (Lipinski definition) is 1. The normalized spacial score (nSPS) is 31.8.